The molecule has 0 aromatic heterocycles. The van der Waals surface area contributed by atoms with Crippen LogP contribution < -0.4 is 11.1 Å². The predicted molar refractivity (Wildman–Crippen MR) is 70.6 cm³/mol. The van der Waals surface area contributed by atoms with Crippen LogP contribution in [-0.4, -0.2) is 29.0 Å². The summed E-state index contributed by atoms with van der Waals surface area (Å²) in [5.74, 6) is 0.157. The summed E-state index contributed by atoms with van der Waals surface area (Å²) in [7, 11) is 0. The topological polar surface area (TPSA) is 55.1 Å². The Hall–Kier alpha value is -0.220. The number of carbonyl (C=O) groups excluding carboxylic acids is 1. The minimum absolute atomic E-state index is 0.157. The van der Waals surface area contributed by atoms with Crippen molar-refractivity contribution < 1.29 is 4.79 Å². The van der Waals surface area contributed by atoms with Gasteiger partial charge in [-0.05, 0) is 39.4 Å². The van der Waals surface area contributed by atoms with Gasteiger partial charge in [0.05, 0.1) is 0 Å². The zero-order chi connectivity index (χ0) is 12.2. The molecule has 1 saturated carbocycles. The monoisotopic (exact) mass is 244 g/mol. The Morgan fingerprint density at radius 2 is 2.19 bits per heavy atom. The molecule has 3 N–H and O–H groups in total. The van der Waals surface area contributed by atoms with E-state index in [1.54, 1.807) is 0 Å². The number of thioether (sulfide) groups is 1. The van der Waals surface area contributed by atoms with Crippen molar-refractivity contribution in [2.24, 2.45) is 5.73 Å². The van der Waals surface area contributed by atoms with Gasteiger partial charge in [0, 0.05) is 23.3 Å². The summed E-state index contributed by atoms with van der Waals surface area (Å²) in [6, 6.07) is 0.378. The molecule has 1 aliphatic rings. The van der Waals surface area contributed by atoms with Gasteiger partial charge in [-0.15, -0.1) is 0 Å². The molecule has 1 aliphatic carbocycles. The third-order valence-electron chi connectivity index (χ3n) is 3.10. The number of amides is 1. The quantitative estimate of drug-likeness (QED) is 0.776. The van der Waals surface area contributed by atoms with E-state index in [-0.39, 0.29) is 11.4 Å². The molecule has 0 heterocycles. The lowest BCUT2D eigenvalue weighted by Crippen LogP contribution is -2.40. The second-order valence-corrected chi connectivity index (χ2v) is 6.44. The lowest BCUT2D eigenvalue weighted by Gasteiger charge is -2.21. The standard InChI is InChI=1S/C12H24N2OS/c1-12(2,13)8-7-11(15)14-9-5-4-6-10(9)16-3/h9-10H,4-8,13H2,1-3H3,(H,14,15). The molecule has 0 spiro atoms. The number of carbonyl (C=O) groups is 1. The Labute approximate surface area is 103 Å². The van der Waals surface area contributed by atoms with Crippen LogP contribution >= 0.6 is 11.8 Å². The first-order valence-electron chi connectivity index (χ1n) is 6.03. The molecule has 94 valence electrons. The van der Waals surface area contributed by atoms with Crippen LogP contribution in [0.15, 0.2) is 0 Å². The largest absolute Gasteiger partial charge is 0.352 e. The summed E-state index contributed by atoms with van der Waals surface area (Å²) in [4.78, 5) is 11.7. The van der Waals surface area contributed by atoms with E-state index >= 15 is 0 Å². The Morgan fingerprint density at radius 3 is 2.75 bits per heavy atom. The maximum absolute atomic E-state index is 11.7. The van der Waals surface area contributed by atoms with Crippen molar-refractivity contribution >= 4 is 17.7 Å². The van der Waals surface area contributed by atoms with Crippen LogP contribution in [0.1, 0.15) is 46.0 Å². The molecule has 1 amide bonds. The lowest BCUT2D eigenvalue weighted by molar-refractivity contribution is -0.122. The van der Waals surface area contributed by atoms with Crippen molar-refractivity contribution in [3.05, 3.63) is 0 Å². The van der Waals surface area contributed by atoms with Crippen LogP contribution in [0.25, 0.3) is 0 Å². The number of hydrogen-bond acceptors (Lipinski definition) is 3. The highest BCUT2D eigenvalue weighted by Crippen LogP contribution is 2.28. The van der Waals surface area contributed by atoms with Crippen LogP contribution in [0.5, 0.6) is 0 Å². The average Bonchev–Trinajstić information content (AvgIpc) is 2.61. The molecule has 0 aromatic carbocycles. The van der Waals surface area contributed by atoms with Gasteiger partial charge in [0.15, 0.2) is 0 Å². The van der Waals surface area contributed by atoms with Gasteiger partial charge in [0.1, 0.15) is 0 Å². The van der Waals surface area contributed by atoms with Crippen LogP contribution in [0.4, 0.5) is 0 Å². The number of hydrogen-bond donors (Lipinski definition) is 2. The molecule has 0 aliphatic heterocycles. The summed E-state index contributed by atoms with van der Waals surface area (Å²) in [5, 5.41) is 3.74. The van der Waals surface area contributed by atoms with Gasteiger partial charge in [0.2, 0.25) is 5.91 Å². The van der Waals surface area contributed by atoms with Gasteiger partial charge in [-0.3, -0.25) is 4.79 Å². The summed E-state index contributed by atoms with van der Waals surface area (Å²) in [5.41, 5.74) is 5.62. The van der Waals surface area contributed by atoms with Crippen molar-refractivity contribution in [1.82, 2.24) is 5.32 Å². The molecule has 0 bridgehead atoms. The third-order valence-corrected chi connectivity index (χ3v) is 4.27. The van der Waals surface area contributed by atoms with Crippen molar-refractivity contribution in [3.8, 4) is 0 Å². The molecule has 2 atom stereocenters. The van der Waals surface area contributed by atoms with Crippen molar-refractivity contribution in [2.45, 2.75) is 62.8 Å². The molecule has 0 saturated heterocycles. The maximum Gasteiger partial charge on any atom is 0.220 e. The summed E-state index contributed by atoms with van der Waals surface area (Å²) in [6.07, 6.45) is 7.01. The fourth-order valence-electron chi connectivity index (χ4n) is 2.09. The molecule has 3 nitrogen and oxygen atoms in total. The van der Waals surface area contributed by atoms with Gasteiger partial charge >= 0.3 is 0 Å². The number of rotatable bonds is 5. The van der Waals surface area contributed by atoms with E-state index in [0.717, 1.165) is 12.8 Å². The van der Waals surface area contributed by atoms with Gasteiger partial charge in [0.25, 0.3) is 0 Å². The molecular weight excluding hydrogens is 220 g/mol. The molecule has 0 radical (unpaired) electrons. The second-order valence-electron chi connectivity index (χ2n) is 5.37. The summed E-state index contributed by atoms with van der Waals surface area (Å²) < 4.78 is 0. The number of nitrogens with two attached hydrogens (primary N) is 1. The maximum atomic E-state index is 11.7. The molecule has 4 heteroatoms. The van der Waals surface area contributed by atoms with E-state index in [1.165, 1.54) is 12.8 Å². The van der Waals surface area contributed by atoms with Gasteiger partial charge in [-0.2, -0.15) is 11.8 Å². The normalized spacial score (nSPS) is 25.8. The minimum atomic E-state index is -0.244. The zero-order valence-corrected chi connectivity index (χ0v) is 11.4. The van der Waals surface area contributed by atoms with Gasteiger partial charge < -0.3 is 11.1 Å². The first-order valence-corrected chi connectivity index (χ1v) is 7.32. The van der Waals surface area contributed by atoms with Crippen LogP contribution in [-0.2, 0) is 4.79 Å². The first kappa shape index (κ1) is 13.8. The zero-order valence-electron chi connectivity index (χ0n) is 10.6. The first-order chi connectivity index (χ1) is 7.42. The molecule has 2 unspecified atom stereocenters. The Balaban J connectivity index is 2.28. The van der Waals surface area contributed by atoms with Crippen LogP contribution in [0, 0.1) is 0 Å². The molecular formula is C12H24N2OS. The Morgan fingerprint density at radius 1 is 1.50 bits per heavy atom. The van der Waals surface area contributed by atoms with E-state index < -0.39 is 0 Å². The van der Waals surface area contributed by atoms with E-state index in [0.29, 0.717) is 17.7 Å². The van der Waals surface area contributed by atoms with E-state index in [1.807, 2.05) is 25.6 Å². The fourth-order valence-corrected chi connectivity index (χ4v) is 3.02. The smallest absolute Gasteiger partial charge is 0.220 e. The fraction of sp³-hybridized carbons (Fsp3) is 0.917. The van der Waals surface area contributed by atoms with Crippen LogP contribution in [0.3, 0.4) is 0 Å². The van der Waals surface area contributed by atoms with Crippen LogP contribution in [0.2, 0.25) is 0 Å². The van der Waals surface area contributed by atoms with E-state index in [4.69, 9.17) is 5.73 Å². The highest BCUT2D eigenvalue weighted by atomic mass is 32.2. The van der Waals surface area contributed by atoms with Crippen molar-refractivity contribution in [1.29, 1.82) is 0 Å². The highest BCUT2D eigenvalue weighted by Gasteiger charge is 2.27. The highest BCUT2D eigenvalue weighted by molar-refractivity contribution is 7.99. The third kappa shape index (κ3) is 4.74. The minimum Gasteiger partial charge on any atom is -0.352 e. The summed E-state index contributed by atoms with van der Waals surface area (Å²) >= 11 is 1.87. The Bertz CT molecular complexity index is 238. The number of nitrogens with one attached hydrogen (secondary N) is 1. The lowest BCUT2D eigenvalue weighted by atomic mass is 10.00. The Kier molecular flexibility index (Phi) is 5.12. The SMILES string of the molecule is CSC1CCCC1NC(=O)CCC(C)(C)N. The van der Waals surface area contributed by atoms with E-state index in [2.05, 4.69) is 11.6 Å². The van der Waals surface area contributed by atoms with E-state index in [9.17, 15) is 4.79 Å². The molecule has 1 fully saturated rings. The van der Waals surface area contributed by atoms with Gasteiger partial charge in [-0.25, -0.2) is 0 Å². The van der Waals surface area contributed by atoms with Gasteiger partial charge in [-0.1, -0.05) is 6.42 Å². The van der Waals surface area contributed by atoms with Crippen molar-refractivity contribution in [3.63, 3.8) is 0 Å². The molecule has 16 heavy (non-hydrogen) atoms. The second kappa shape index (κ2) is 5.92. The summed E-state index contributed by atoms with van der Waals surface area (Å²) in [6.45, 7) is 3.92. The molecule has 0 aromatic rings. The predicted octanol–water partition coefficient (Wildman–Crippen LogP) is 1.90. The average molecular weight is 244 g/mol. The van der Waals surface area contributed by atoms with Crippen molar-refractivity contribution in [2.75, 3.05) is 6.26 Å². The molecule has 1 rings (SSSR count).